The number of oxazole rings is 2. The van der Waals surface area contributed by atoms with Gasteiger partial charge in [0, 0.05) is 16.8 Å². The number of rotatable bonds is 4. The van der Waals surface area contributed by atoms with Gasteiger partial charge in [-0.25, -0.2) is 9.97 Å². The molecule has 0 saturated heterocycles. The van der Waals surface area contributed by atoms with Crippen molar-refractivity contribution in [2.45, 2.75) is 6.92 Å². The van der Waals surface area contributed by atoms with E-state index in [0.717, 1.165) is 22.2 Å². The number of nitrogens with zero attached hydrogens (tertiary/aromatic N) is 2. The molecule has 0 fully saturated rings. The molecule has 0 unspecified atom stereocenters. The fraction of sp³-hybridized carbons (Fsp3) is 0.0417. The van der Waals surface area contributed by atoms with E-state index in [-0.39, 0.29) is 11.6 Å². The van der Waals surface area contributed by atoms with Crippen molar-refractivity contribution in [2.75, 3.05) is 5.32 Å². The summed E-state index contributed by atoms with van der Waals surface area (Å²) in [5.41, 5.74) is 4.09. The van der Waals surface area contributed by atoms with Crippen LogP contribution >= 0.6 is 0 Å². The maximum Gasteiger partial charge on any atom is 0.277 e. The Kier molecular flexibility index (Phi) is 4.37. The Bertz CT molecular complexity index is 1300. The number of anilines is 1. The zero-order valence-electron chi connectivity index (χ0n) is 16.1. The Balaban J connectivity index is 1.35. The summed E-state index contributed by atoms with van der Waals surface area (Å²) in [6.07, 6.45) is 0. The molecule has 0 atom stereocenters. The number of carbonyl (C=O) groups excluding carboxylic acids is 1. The minimum Gasteiger partial charge on any atom is -0.441 e. The van der Waals surface area contributed by atoms with E-state index < -0.39 is 0 Å². The molecule has 0 bridgehead atoms. The molecule has 30 heavy (non-hydrogen) atoms. The smallest absolute Gasteiger partial charge is 0.277 e. The van der Waals surface area contributed by atoms with E-state index in [9.17, 15) is 4.79 Å². The van der Waals surface area contributed by atoms with E-state index in [0.29, 0.717) is 23.2 Å². The monoisotopic (exact) mass is 395 g/mol. The number of hydrogen-bond donors (Lipinski definition) is 1. The summed E-state index contributed by atoms with van der Waals surface area (Å²) >= 11 is 0. The lowest BCUT2D eigenvalue weighted by Crippen LogP contribution is -2.13. The van der Waals surface area contributed by atoms with Gasteiger partial charge in [-0.05, 0) is 55.5 Å². The molecular formula is C24H17N3O3. The van der Waals surface area contributed by atoms with Crippen molar-refractivity contribution in [3.63, 3.8) is 0 Å². The minimum absolute atomic E-state index is 0.261. The molecule has 3 aromatic carbocycles. The van der Waals surface area contributed by atoms with Crippen LogP contribution in [-0.4, -0.2) is 15.9 Å². The summed E-state index contributed by atoms with van der Waals surface area (Å²) in [5, 5.41) is 2.86. The molecule has 0 saturated carbocycles. The van der Waals surface area contributed by atoms with Gasteiger partial charge in [-0.2, -0.15) is 0 Å². The molecule has 6 heteroatoms. The van der Waals surface area contributed by atoms with Crippen LogP contribution in [0.2, 0.25) is 0 Å². The first kappa shape index (κ1) is 17.9. The average molecular weight is 395 g/mol. The van der Waals surface area contributed by atoms with Crippen molar-refractivity contribution in [1.82, 2.24) is 9.97 Å². The fourth-order valence-corrected chi connectivity index (χ4v) is 3.19. The second-order valence-electron chi connectivity index (χ2n) is 6.81. The molecule has 0 spiro atoms. The number of para-hydroxylation sites is 2. The van der Waals surface area contributed by atoms with Crippen LogP contribution in [0.4, 0.5) is 5.69 Å². The summed E-state index contributed by atoms with van der Waals surface area (Å²) in [4.78, 5) is 21.5. The van der Waals surface area contributed by atoms with E-state index in [2.05, 4.69) is 15.3 Å². The molecule has 0 radical (unpaired) electrons. The van der Waals surface area contributed by atoms with Gasteiger partial charge in [0.2, 0.25) is 11.8 Å². The lowest BCUT2D eigenvalue weighted by atomic mass is 10.2. The third-order valence-electron chi connectivity index (χ3n) is 4.72. The molecule has 6 nitrogen and oxygen atoms in total. The van der Waals surface area contributed by atoms with Gasteiger partial charge in [-0.3, -0.25) is 4.79 Å². The van der Waals surface area contributed by atoms with Crippen molar-refractivity contribution in [3.05, 3.63) is 90.3 Å². The molecule has 5 aromatic rings. The van der Waals surface area contributed by atoms with E-state index in [1.165, 1.54) is 0 Å². The van der Waals surface area contributed by atoms with Crippen LogP contribution in [0.3, 0.4) is 0 Å². The largest absolute Gasteiger partial charge is 0.441 e. The molecule has 0 aliphatic heterocycles. The number of benzene rings is 3. The van der Waals surface area contributed by atoms with Gasteiger partial charge in [0.05, 0.1) is 0 Å². The molecule has 0 aliphatic rings. The lowest BCUT2D eigenvalue weighted by Gasteiger charge is -2.04. The van der Waals surface area contributed by atoms with E-state index in [1.54, 1.807) is 19.1 Å². The summed E-state index contributed by atoms with van der Waals surface area (Å²) in [7, 11) is 0. The van der Waals surface area contributed by atoms with Crippen LogP contribution in [-0.2, 0) is 0 Å². The van der Waals surface area contributed by atoms with Crippen molar-refractivity contribution in [3.8, 4) is 22.9 Å². The number of aromatic nitrogens is 2. The molecule has 146 valence electrons. The first-order valence-electron chi connectivity index (χ1n) is 9.47. The molecule has 1 amide bonds. The van der Waals surface area contributed by atoms with E-state index >= 15 is 0 Å². The van der Waals surface area contributed by atoms with Gasteiger partial charge in [-0.15, -0.1) is 0 Å². The highest BCUT2D eigenvalue weighted by atomic mass is 16.4. The second kappa shape index (κ2) is 7.33. The highest BCUT2D eigenvalue weighted by Crippen LogP contribution is 2.26. The average Bonchev–Trinajstić information content (AvgIpc) is 3.38. The van der Waals surface area contributed by atoms with Crippen LogP contribution in [0.1, 0.15) is 16.2 Å². The first-order chi connectivity index (χ1) is 14.7. The Morgan fingerprint density at radius 2 is 1.43 bits per heavy atom. The maximum atomic E-state index is 12.7. The Labute approximate surface area is 172 Å². The Hall–Kier alpha value is -4.19. The lowest BCUT2D eigenvalue weighted by molar-refractivity contribution is 0.102. The predicted octanol–water partition coefficient (Wildman–Crippen LogP) is 5.71. The topological polar surface area (TPSA) is 81.2 Å². The standard InChI is InChI=1S/C24H17N3O3/c1-15-21(27-24(29-15)16-7-3-2-4-8-16)22(28)25-18-13-11-17(12-14-18)23-26-19-9-5-6-10-20(19)30-23/h2-14H,1H3,(H,25,28). The van der Waals surface area contributed by atoms with Gasteiger partial charge in [-0.1, -0.05) is 30.3 Å². The quantitative estimate of drug-likeness (QED) is 0.421. The minimum atomic E-state index is -0.326. The number of carbonyl (C=O) groups is 1. The van der Waals surface area contributed by atoms with Gasteiger partial charge < -0.3 is 14.2 Å². The molecular weight excluding hydrogens is 378 g/mol. The normalized spacial score (nSPS) is 11.0. The molecule has 0 aliphatic carbocycles. The van der Waals surface area contributed by atoms with Gasteiger partial charge in [0.15, 0.2) is 11.3 Å². The highest BCUT2D eigenvalue weighted by molar-refractivity contribution is 6.03. The maximum absolute atomic E-state index is 12.7. The first-order valence-corrected chi connectivity index (χ1v) is 9.47. The predicted molar refractivity (Wildman–Crippen MR) is 114 cm³/mol. The van der Waals surface area contributed by atoms with Crippen molar-refractivity contribution < 1.29 is 13.6 Å². The Morgan fingerprint density at radius 3 is 2.20 bits per heavy atom. The van der Waals surface area contributed by atoms with Crippen LogP contribution in [0.5, 0.6) is 0 Å². The van der Waals surface area contributed by atoms with E-state index in [4.69, 9.17) is 8.83 Å². The molecule has 2 aromatic heterocycles. The SMILES string of the molecule is Cc1oc(-c2ccccc2)nc1C(=O)Nc1ccc(-c2nc3ccccc3o2)cc1. The zero-order chi connectivity index (χ0) is 20.5. The molecule has 5 rings (SSSR count). The number of nitrogens with one attached hydrogen (secondary N) is 1. The summed E-state index contributed by atoms with van der Waals surface area (Å²) < 4.78 is 11.5. The molecule has 1 N–H and O–H groups in total. The van der Waals surface area contributed by atoms with Crippen LogP contribution in [0.15, 0.2) is 87.7 Å². The van der Waals surface area contributed by atoms with Gasteiger partial charge in [0.1, 0.15) is 11.3 Å². The van der Waals surface area contributed by atoms with Crippen LogP contribution in [0, 0.1) is 6.92 Å². The Morgan fingerprint density at radius 1 is 0.767 bits per heavy atom. The van der Waals surface area contributed by atoms with Crippen LogP contribution in [0.25, 0.3) is 34.0 Å². The summed E-state index contributed by atoms with van der Waals surface area (Å²) in [5.74, 6) is 1.10. The van der Waals surface area contributed by atoms with Crippen molar-refractivity contribution in [1.29, 1.82) is 0 Å². The number of fused-ring (bicyclic) bond motifs is 1. The van der Waals surface area contributed by atoms with E-state index in [1.807, 2.05) is 66.7 Å². The van der Waals surface area contributed by atoms with Gasteiger partial charge >= 0.3 is 0 Å². The zero-order valence-corrected chi connectivity index (χ0v) is 16.1. The van der Waals surface area contributed by atoms with Crippen molar-refractivity contribution >= 4 is 22.7 Å². The highest BCUT2D eigenvalue weighted by Gasteiger charge is 2.18. The number of aryl methyl sites for hydroxylation is 1. The van der Waals surface area contributed by atoms with Crippen LogP contribution < -0.4 is 5.32 Å². The fourth-order valence-electron chi connectivity index (χ4n) is 3.19. The number of amides is 1. The third-order valence-corrected chi connectivity index (χ3v) is 4.72. The van der Waals surface area contributed by atoms with Gasteiger partial charge in [0.25, 0.3) is 5.91 Å². The summed E-state index contributed by atoms with van der Waals surface area (Å²) in [6, 6.07) is 24.4. The third kappa shape index (κ3) is 3.35. The molecule has 2 heterocycles. The number of hydrogen-bond acceptors (Lipinski definition) is 5. The van der Waals surface area contributed by atoms with Crippen molar-refractivity contribution in [2.24, 2.45) is 0 Å². The second-order valence-corrected chi connectivity index (χ2v) is 6.81. The summed E-state index contributed by atoms with van der Waals surface area (Å²) in [6.45, 7) is 1.73.